The van der Waals surface area contributed by atoms with Gasteiger partial charge in [0.25, 0.3) is 10.0 Å². The number of ether oxygens (including phenoxy) is 2. The summed E-state index contributed by atoms with van der Waals surface area (Å²) in [5, 5.41) is 0.553. The highest BCUT2D eigenvalue weighted by Gasteiger charge is 2.18. The smallest absolute Gasteiger partial charge is 0.343 e. The van der Waals surface area contributed by atoms with E-state index in [9.17, 15) is 13.2 Å². The molecule has 0 saturated heterocycles. The molecule has 10 heteroatoms. The number of esters is 1. The molecular formula is C15H12Cl3NO5S. The van der Waals surface area contributed by atoms with E-state index in [-0.39, 0.29) is 33.0 Å². The number of anilines is 1. The monoisotopic (exact) mass is 423 g/mol. The second kappa shape index (κ2) is 8.14. The van der Waals surface area contributed by atoms with Crippen molar-refractivity contribution in [1.82, 2.24) is 0 Å². The van der Waals surface area contributed by atoms with Crippen LogP contribution in [0.4, 0.5) is 5.69 Å². The summed E-state index contributed by atoms with van der Waals surface area (Å²) in [6.45, 7) is -0.346. The second-order valence-corrected chi connectivity index (χ2v) is 7.62. The van der Waals surface area contributed by atoms with Crippen molar-refractivity contribution >= 4 is 56.5 Å². The third-order valence-corrected chi connectivity index (χ3v) is 5.17. The molecule has 1 N–H and O–H groups in total. The maximum Gasteiger partial charge on any atom is 0.343 e. The first-order chi connectivity index (χ1) is 11.7. The summed E-state index contributed by atoms with van der Waals surface area (Å²) >= 11 is 17.7. The van der Waals surface area contributed by atoms with Gasteiger partial charge in [0.05, 0.1) is 27.7 Å². The van der Waals surface area contributed by atoms with E-state index in [2.05, 4.69) is 9.46 Å². The first-order valence-corrected chi connectivity index (χ1v) is 9.31. The van der Waals surface area contributed by atoms with Gasteiger partial charge in [0, 0.05) is 5.02 Å². The van der Waals surface area contributed by atoms with Gasteiger partial charge in [-0.25, -0.2) is 13.2 Å². The molecule has 0 heterocycles. The Balaban J connectivity index is 2.22. The second-order valence-electron chi connectivity index (χ2n) is 4.69. The lowest BCUT2D eigenvalue weighted by molar-refractivity contribution is -0.142. The largest absolute Gasteiger partial charge is 0.480 e. The van der Waals surface area contributed by atoms with E-state index < -0.39 is 16.0 Å². The number of halogens is 3. The van der Waals surface area contributed by atoms with Crippen molar-refractivity contribution in [1.29, 1.82) is 0 Å². The minimum Gasteiger partial charge on any atom is -0.480 e. The predicted molar refractivity (Wildman–Crippen MR) is 96.2 cm³/mol. The van der Waals surface area contributed by atoms with Gasteiger partial charge in [-0.1, -0.05) is 34.8 Å². The molecule has 2 aromatic rings. The van der Waals surface area contributed by atoms with Crippen LogP contribution in [0.3, 0.4) is 0 Å². The maximum atomic E-state index is 12.4. The first-order valence-electron chi connectivity index (χ1n) is 6.70. The number of rotatable bonds is 6. The highest BCUT2D eigenvalue weighted by molar-refractivity contribution is 7.92. The number of benzene rings is 2. The quantitative estimate of drug-likeness (QED) is 0.709. The molecule has 0 saturated carbocycles. The molecule has 0 spiro atoms. The van der Waals surface area contributed by atoms with Crippen LogP contribution in [0, 0.1) is 0 Å². The Morgan fingerprint density at radius 1 is 1.08 bits per heavy atom. The number of hydrogen-bond acceptors (Lipinski definition) is 5. The van der Waals surface area contributed by atoms with E-state index in [1.807, 2.05) is 0 Å². The molecule has 0 unspecified atom stereocenters. The fraction of sp³-hybridized carbons (Fsp3) is 0.133. The summed E-state index contributed by atoms with van der Waals surface area (Å²) in [4.78, 5) is 11.0. The molecule has 0 aliphatic carbocycles. The lowest BCUT2D eigenvalue weighted by Crippen LogP contribution is -2.14. The Morgan fingerprint density at radius 2 is 1.80 bits per heavy atom. The maximum absolute atomic E-state index is 12.4. The zero-order valence-electron chi connectivity index (χ0n) is 12.8. The SMILES string of the molecule is COC(=O)COc1ccc(S(=O)(=O)Nc2ccc(Cl)cc2Cl)cc1Cl. The fourth-order valence-electron chi connectivity index (χ4n) is 1.74. The fourth-order valence-corrected chi connectivity index (χ4v) is 3.65. The molecule has 6 nitrogen and oxygen atoms in total. The minimum atomic E-state index is -3.93. The molecule has 0 radical (unpaired) electrons. The molecule has 2 aromatic carbocycles. The van der Waals surface area contributed by atoms with E-state index in [0.717, 1.165) is 0 Å². The van der Waals surface area contributed by atoms with Crippen LogP contribution in [-0.4, -0.2) is 28.1 Å². The summed E-state index contributed by atoms with van der Waals surface area (Å²) in [5.74, 6) is -0.442. The Labute approximate surface area is 159 Å². The molecule has 0 fully saturated rings. The Bertz CT molecular complexity index is 902. The third kappa shape index (κ3) is 5.15. The molecular weight excluding hydrogens is 413 g/mol. The highest BCUT2D eigenvalue weighted by atomic mass is 35.5. The van der Waals surface area contributed by atoms with Gasteiger partial charge in [0.1, 0.15) is 5.75 Å². The van der Waals surface area contributed by atoms with Gasteiger partial charge >= 0.3 is 5.97 Å². The number of nitrogens with one attached hydrogen (secondary N) is 1. The van der Waals surface area contributed by atoms with Crippen molar-refractivity contribution in [3.05, 3.63) is 51.5 Å². The van der Waals surface area contributed by atoms with Crippen molar-refractivity contribution < 1.29 is 22.7 Å². The van der Waals surface area contributed by atoms with E-state index in [0.29, 0.717) is 5.02 Å². The van der Waals surface area contributed by atoms with Gasteiger partial charge in [0.2, 0.25) is 0 Å². The molecule has 134 valence electrons. The zero-order valence-corrected chi connectivity index (χ0v) is 15.8. The summed E-state index contributed by atoms with van der Waals surface area (Å²) in [7, 11) is -2.71. The molecule has 0 bridgehead atoms. The van der Waals surface area contributed by atoms with Gasteiger partial charge in [-0.15, -0.1) is 0 Å². The van der Waals surface area contributed by atoms with Crippen molar-refractivity contribution in [2.24, 2.45) is 0 Å². The van der Waals surface area contributed by atoms with E-state index in [4.69, 9.17) is 39.5 Å². The average Bonchev–Trinajstić information content (AvgIpc) is 2.55. The van der Waals surface area contributed by atoms with Crippen LogP contribution in [0.15, 0.2) is 41.3 Å². The van der Waals surface area contributed by atoms with Crippen LogP contribution in [0.1, 0.15) is 0 Å². The van der Waals surface area contributed by atoms with Gasteiger partial charge < -0.3 is 9.47 Å². The lowest BCUT2D eigenvalue weighted by atomic mass is 10.3. The minimum absolute atomic E-state index is 0.0222. The van der Waals surface area contributed by atoms with E-state index >= 15 is 0 Å². The summed E-state index contributed by atoms with van der Waals surface area (Å²) in [6.07, 6.45) is 0. The molecule has 0 atom stereocenters. The topological polar surface area (TPSA) is 81.7 Å². The van der Waals surface area contributed by atoms with Crippen molar-refractivity contribution in [3.8, 4) is 5.75 Å². The lowest BCUT2D eigenvalue weighted by Gasteiger charge is -2.12. The van der Waals surface area contributed by atoms with Crippen molar-refractivity contribution in [2.45, 2.75) is 4.90 Å². The Hall–Kier alpha value is -1.67. The predicted octanol–water partition coefficient (Wildman–Crippen LogP) is 4.00. The van der Waals surface area contributed by atoms with E-state index in [1.165, 1.54) is 43.5 Å². The van der Waals surface area contributed by atoms with Crippen LogP contribution < -0.4 is 9.46 Å². The number of sulfonamides is 1. The van der Waals surface area contributed by atoms with Crippen molar-refractivity contribution in [3.63, 3.8) is 0 Å². The van der Waals surface area contributed by atoms with Gasteiger partial charge in [-0.05, 0) is 36.4 Å². The molecule has 0 amide bonds. The number of carbonyl (C=O) groups is 1. The van der Waals surface area contributed by atoms with Gasteiger partial charge in [0.15, 0.2) is 6.61 Å². The number of methoxy groups -OCH3 is 1. The zero-order chi connectivity index (χ0) is 18.6. The number of hydrogen-bond donors (Lipinski definition) is 1. The summed E-state index contributed by atoms with van der Waals surface area (Å²) in [6, 6.07) is 8.17. The molecule has 25 heavy (non-hydrogen) atoms. The van der Waals surface area contributed by atoms with Gasteiger partial charge in [-0.3, -0.25) is 4.72 Å². The summed E-state index contributed by atoms with van der Waals surface area (Å²) < 4.78 is 36.8. The molecule has 0 aliphatic rings. The first kappa shape index (κ1) is 19.7. The van der Waals surface area contributed by atoms with Crippen LogP contribution in [0.25, 0.3) is 0 Å². The molecule has 2 rings (SSSR count). The van der Waals surface area contributed by atoms with Crippen molar-refractivity contribution in [2.75, 3.05) is 18.4 Å². The molecule has 0 aliphatic heterocycles. The summed E-state index contributed by atoms with van der Waals surface area (Å²) in [5.41, 5.74) is 0.174. The number of carbonyl (C=O) groups excluding carboxylic acids is 1. The van der Waals surface area contributed by atoms with Crippen LogP contribution in [-0.2, 0) is 19.6 Å². The third-order valence-electron chi connectivity index (χ3n) is 2.96. The molecule has 0 aromatic heterocycles. The van der Waals surface area contributed by atoms with Crippen LogP contribution >= 0.6 is 34.8 Å². The normalized spacial score (nSPS) is 11.0. The highest BCUT2D eigenvalue weighted by Crippen LogP contribution is 2.30. The van der Waals surface area contributed by atoms with Crippen LogP contribution in [0.2, 0.25) is 15.1 Å². The Kier molecular flexibility index (Phi) is 6.40. The average molecular weight is 425 g/mol. The van der Waals surface area contributed by atoms with Gasteiger partial charge in [-0.2, -0.15) is 0 Å². The Morgan fingerprint density at radius 3 is 2.40 bits per heavy atom. The van der Waals surface area contributed by atoms with Crippen LogP contribution in [0.5, 0.6) is 5.75 Å². The van der Waals surface area contributed by atoms with E-state index in [1.54, 1.807) is 0 Å². The standard InChI is InChI=1S/C15H12Cl3NO5S/c1-23-15(20)8-24-14-5-3-10(7-12(14)18)25(21,22)19-13-4-2-9(16)6-11(13)17/h2-7,19H,8H2,1H3.